The molecule has 1 N–H and O–H groups in total. The van der Waals surface area contributed by atoms with Crippen molar-refractivity contribution in [2.45, 2.75) is 40.2 Å². The Kier molecular flexibility index (Phi) is 7.58. The first kappa shape index (κ1) is 22.9. The SMILES string of the molecule is C=CCc1ccc(OCC(=O)O[C@@H](C)C(=O)c2[nH]c(C)c(C(C)=O)c2C)c(OC)c1. The van der Waals surface area contributed by atoms with E-state index in [4.69, 9.17) is 14.2 Å². The Morgan fingerprint density at radius 1 is 1.20 bits per heavy atom. The highest BCUT2D eigenvalue weighted by atomic mass is 16.6. The van der Waals surface area contributed by atoms with E-state index < -0.39 is 17.9 Å². The number of H-pyrrole nitrogens is 1. The third-order valence-corrected chi connectivity index (χ3v) is 4.67. The molecule has 7 nitrogen and oxygen atoms in total. The molecule has 7 heteroatoms. The molecule has 0 spiro atoms. The van der Waals surface area contributed by atoms with E-state index in [1.165, 1.54) is 21.0 Å². The van der Waals surface area contributed by atoms with Crippen molar-refractivity contribution in [2.75, 3.05) is 13.7 Å². The van der Waals surface area contributed by atoms with Crippen molar-refractivity contribution >= 4 is 17.5 Å². The summed E-state index contributed by atoms with van der Waals surface area (Å²) >= 11 is 0. The van der Waals surface area contributed by atoms with E-state index in [9.17, 15) is 14.4 Å². The van der Waals surface area contributed by atoms with Crippen LogP contribution in [0.25, 0.3) is 0 Å². The molecule has 1 atom stereocenters. The minimum absolute atomic E-state index is 0.133. The average Bonchev–Trinajstić information content (AvgIpc) is 3.00. The maximum absolute atomic E-state index is 12.7. The highest BCUT2D eigenvalue weighted by Crippen LogP contribution is 2.28. The monoisotopic (exact) mass is 413 g/mol. The predicted molar refractivity (Wildman–Crippen MR) is 113 cm³/mol. The lowest BCUT2D eigenvalue weighted by Crippen LogP contribution is -2.28. The number of carbonyl (C=O) groups is 3. The number of Topliss-reactive ketones (excluding diaryl/α,β-unsaturated/α-hetero) is 2. The van der Waals surface area contributed by atoms with E-state index in [0.717, 1.165) is 5.56 Å². The molecule has 0 aliphatic carbocycles. The molecular formula is C23H27NO6. The lowest BCUT2D eigenvalue weighted by Gasteiger charge is -2.14. The standard InChI is InChI=1S/C23H27NO6/c1-7-8-17-9-10-18(19(11-17)28-6)29-12-20(26)30-16(5)23(27)22-13(2)21(15(4)25)14(3)24-22/h7,9-11,16,24H,1,8,12H2,2-6H3/t16-/m0/s1. The second kappa shape index (κ2) is 9.91. The molecule has 2 rings (SSSR count). The Morgan fingerprint density at radius 2 is 1.90 bits per heavy atom. The van der Waals surface area contributed by atoms with Crippen LogP contribution in [-0.4, -0.2) is 42.3 Å². The number of aromatic amines is 1. The molecule has 0 aliphatic heterocycles. The molecule has 0 saturated heterocycles. The van der Waals surface area contributed by atoms with Crippen LogP contribution < -0.4 is 9.47 Å². The number of rotatable bonds is 10. The van der Waals surface area contributed by atoms with Gasteiger partial charge < -0.3 is 19.2 Å². The van der Waals surface area contributed by atoms with Gasteiger partial charge in [0.05, 0.1) is 12.8 Å². The summed E-state index contributed by atoms with van der Waals surface area (Å²) in [7, 11) is 1.51. The van der Waals surface area contributed by atoms with Crippen LogP contribution in [0.3, 0.4) is 0 Å². The fourth-order valence-electron chi connectivity index (χ4n) is 3.27. The van der Waals surface area contributed by atoms with Crippen molar-refractivity contribution in [3.63, 3.8) is 0 Å². The number of hydrogen-bond acceptors (Lipinski definition) is 6. The Labute approximate surface area is 176 Å². The molecular weight excluding hydrogens is 386 g/mol. The van der Waals surface area contributed by atoms with E-state index in [0.29, 0.717) is 34.7 Å². The summed E-state index contributed by atoms with van der Waals surface area (Å²) in [6.07, 6.45) is 1.42. The van der Waals surface area contributed by atoms with E-state index >= 15 is 0 Å². The van der Waals surface area contributed by atoms with Gasteiger partial charge in [0.25, 0.3) is 0 Å². The highest BCUT2D eigenvalue weighted by molar-refractivity contribution is 6.05. The summed E-state index contributed by atoms with van der Waals surface area (Å²) in [4.78, 5) is 39.5. The van der Waals surface area contributed by atoms with E-state index in [2.05, 4.69) is 11.6 Å². The van der Waals surface area contributed by atoms with Gasteiger partial charge in [0.1, 0.15) is 0 Å². The highest BCUT2D eigenvalue weighted by Gasteiger charge is 2.26. The van der Waals surface area contributed by atoms with Gasteiger partial charge in [0.2, 0.25) is 5.78 Å². The number of nitrogens with one attached hydrogen (secondary N) is 1. The molecule has 160 valence electrons. The Morgan fingerprint density at radius 3 is 2.47 bits per heavy atom. The van der Waals surface area contributed by atoms with Gasteiger partial charge in [0, 0.05) is 11.3 Å². The molecule has 0 aliphatic rings. The van der Waals surface area contributed by atoms with Gasteiger partial charge >= 0.3 is 5.97 Å². The van der Waals surface area contributed by atoms with Gasteiger partial charge in [-0.15, -0.1) is 6.58 Å². The van der Waals surface area contributed by atoms with Gasteiger partial charge in [-0.25, -0.2) is 4.79 Å². The van der Waals surface area contributed by atoms with Crippen molar-refractivity contribution < 1.29 is 28.6 Å². The Bertz CT molecular complexity index is 972. The molecule has 0 bridgehead atoms. The Hall–Kier alpha value is -3.35. The lowest BCUT2D eigenvalue weighted by molar-refractivity contribution is -0.148. The number of aryl methyl sites for hydroxylation is 1. The van der Waals surface area contributed by atoms with Crippen molar-refractivity contribution in [3.05, 3.63) is 58.9 Å². The Balaban J connectivity index is 2.01. The lowest BCUT2D eigenvalue weighted by atomic mass is 10.0. The van der Waals surface area contributed by atoms with Gasteiger partial charge in [-0.2, -0.15) is 0 Å². The maximum Gasteiger partial charge on any atom is 0.344 e. The topological polar surface area (TPSA) is 94.7 Å². The first-order valence-electron chi connectivity index (χ1n) is 9.54. The summed E-state index contributed by atoms with van der Waals surface area (Å²) < 4.78 is 16.0. The van der Waals surface area contributed by atoms with Crippen LogP contribution in [0, 0.1) is 13.8 Å². The molecule has 0 unspecified atom stereocenters. The number of carbonyl (C=O) groups excluding carboxylic acids is 3. The summed E-state index contributed by atoms with van der Waals surface area (Å²) in [5.41, 5.74) is 2.90. The number of methoxy groups -OCH3 is 1. The zero-order chi connectivity index (χ0) is 22.4. The maximum atomic E-state index is 12.7. The number of aromatic nitrogens is 1. The zero-order valence-electron chi connectivity index (χ0n) is 18.0. The summed E-state index contributed by atoms with van der Waals surface area (Å²) in [6, 6.07) is 5.35. The van der Waals surface area contributed by atoms with Crippen LogP contribution in [0.4, 0.5) is 0 Å². The van der Waals surface area contributed by atoms with E-state index in [1.807, 2.05) is 6.07 Å². The third-order valence-electron chi connectivity index (χ3n) is 4.67. The van der Waals surface area contributed by atoms with Gasteiger partial charge in [-0.3, -0.25) is 9.59 Å². The molecule has 1 heterocycles. The fraction of sp³-hybridized carbons (Fsp3) is 0.348. The number of ketones is 2. The van der Waals surface area contributed by atoms with Crippen LogP contribution in [0.5, 0.6) is 11.5 Å². The van der Waals surface area contributed by atoms with Crippen LogP contribution in [-0.2, 0) is 16.0 Å². The molecule has 0 amide bonds. The number of allylic oxidation sites excluding steroid dienone is 1. The van der Waals surface area contributed by atoms with E-state index in [1.54, 1.807) is 32.1 Å². The second-order valence-corrected chi connectivity index (χ2v) is 6.94. The number of hydrogen-bond donors (Lipinski definition) is 1. The summed E-state index contributed by atoms with van der Waals surface area (Å²) in [6.45, 7) is 9.65. The minimum atomic E-state index is -1.03. The van der Waals surface area contributed by atoms with Crippen molar-refractivity contribution in [1.29, 1.82) is 0 Å². The normalized spacial score (nSPS) is 11.5. The van der Waals surface area contributed by atoms with E-state index in [-0.39, 0.29) is 18.1 Å². The molecule has 0 fully saturated rings. The van der Waals surface area contributed by atoms with Crippen LogP contribution in [0.1, 0.15) is 51.5 Å². The fourth-order valence-corrected chi connectivity index (χ4v) is 3.27. The quantitative estimate of drug-likeness (QED) is 0.362. The van der Waals surface area contributed by atoms with Crippen molar-refractivity contribution in [2.24, 2.45) is 0 Å². The first-order valence-corrected chi connectivity index (χ1v) is 9.54. The largest absolute Gasteiger partial charge is 0.493 e. The zero-order valence-corrected chi connectivity index (χ0v) is 18.0. The number of benzene rings is 1. The minimum Gasteiger partial charge on any atom is -0.493 e. The number of esters is 1. The third kappa shape index (κ3) is 5.17. The molecule has 1 aromatic heterocycles. The average molecular weight is 413 g/mol. The first-order chi connectivity index (χ1) is 14.2. The van der Waals surface area contributed by atoms with Crippen LogP contribution in [0.15, 0.2) is 30.9 Å². The number of ether oxygens (including phenoxy) is 3. The smallest absolute Gasteiger partial charge is 0.344 e. The summed E-state index contributed by atoms with van der Waals surface area (Å²) in [5.74, 6) is -0.362. The predicted octanol–water partition coefficient (Wildman–Crippen LogP) is 3.76. The molecule has 0 saturated carbocycles. The molecule has 0 radical (unpaired) electrons. The van der Waals surface area contributed by atoms with Gasteiger partial charge in [-0.1, -0.05) is 12.1 Å². The molecule has 30 heavy (non-hydrogen) atoms. The van der Waals surface area contributed by atoms with Crippen LogP contribution >= 0.6 is 0 Å². The van der Waals surface area contributed by atoms with Gasteiger partial charge in [-0.05, 0) is 57.4 Å². The van der Waals surface area contributed by atoms with Crippen LogP contribution in [0.2, 0.25) is 0 Å². The summed E-state index contributed by atoms with van der Waals surface area (Å²) in [5, 5.41) is 0. The molecule has 1 aromatic carbocycles. The van der Waals surface area contributed by atoms with Crippen molar-refractivity contribution in [1.82, 2.24) is 4.98 Å². The second-order valence-electron chi connectivity index (χ2n) is 6.94. The van der Waals surface area contributed by atoms with Crippen molar-refractivity contribution in [3.8, 4) is 11.5 Å². The van der Waals surface area contributed by atoms with Gasteiger partial charge in [0.15, 0.2) is 30.0 Å². The molecule has 2 aromatic rings.